The van der Waals surface area contributed by atoms with Crippen molar-refractivity contribution in [2.24, 2.45) is 17.8 Å². The number of hydrogen-bond acceptors (Lipinski definition) is 3. The fourth-order valence-electron chi connectivity index (χ4n) is 7.43. The van der Waals surface area contributed by atoms with E-state index in [-0.39, 0.29) is 17.4 Å². The fourth-order valence-corrected chi connectivity index (χ4v) is 7.43. The van der Waals surface area contributed by atoms with Crippen LogP contribution in [-0.4, -0.2) is 27.3 Å². The van der Waals surface area contributed by atoms with Gasteiger partial charge in [-0.3, -0.25) is 14.6 Å². The molecule has 4 bridgehead atoms. The van der Waals surface area contributed by atoms with Crippen LogP contribution in [0.25, 0.3) is 22.2 Å². The largest absolute Gasteiger partial charge is 0.355 e. The van der Waals surface area contributed by atoms with Crippen LogP contribution < -0.4 is 10.6 Å². The van der Waals surface area contributed by atoms with E-state index in [0.29, 0.717) is 11.4 Å². The Hall–Kier alpha value is -3.93. The van der Waals surface area contributed by atoms with Crippen LogP contribution in [0.1, 0.15) is 59.4 Å². The van der Waals surface area contributed by atoms with Crippen LogP contribution in [0.3, 0.4) is 0 Å². The van der Waals surface area contributed by atoms with Crippen molar-refractivity contribution in [1.29, 1.82) is 0 Å². The minimum absolute atomic E-state index is 0.0117. The number of H-pyrrole nitrogens is 1. The van der Waals surface area contributed by atoms with Gasteiger partial charge in [-0.25, -0.2) is 0 Å². The van der Waals surface area contributed by atoms with Gasteiger partial charge in [-0.05, 0) is 110 Å². The molecule has 4 saturated carbocycles. The average molecular weight is 491 g/mol. The predicted octanol–water partition coefficient (Wildman–Crippen LogP) is 6.18. The second-order valence-corrected chi connectivity index (χ2v) is 11.4. The fraction of sp³-hybridized carbons (Fsp3) is 0.323. The van der Waals surface area contributed by atoms with Crippen LogP contribution in [0.4, 0.5) is 5.69 Å². The lowest BCUT2D eigenvalue weighted by Crippen LogP contribution is -2.59. The van der Waals surface area contributed by atoms with Gasteiger partial charge in [0.05, 0.1) is 0 Å². The van der Waals surface area contributed by atoms with E-state index in [4.69, 9.17) is 0 Å². The molecule has 8 rings (SSSR count). The standard InChI is InChI=1S/C31H30N4O2/c36-29(35-31-16-19-11-20(17-31)13-21(12-19)18-31)23-6-9-26-24(14-23)15-28(34-26)22-4-7-25(8-5-22)33-30(37)27-3-1-2-10-32-27/h1-10,14-15,19-21,34H,11-13,16-18H2,(H,33,37)(H,35,36). The maximum atomic E-state index is 13.3. The van der Waals surface area contributed by atoms with Crippen molar-refractivity contribution in [1.82, 2.24) is 15.3 Å². The maximum Gasteiger partial charge on any atom is 0.274 e. The molecular formula is C31H30N4O2. The first-order chi connectivity index (χ1) is 18.0. The summed E-state index contributed by atoms with van der Waals surface area (Å²) in [6.07, 6.45) is 9.16. The molecule has 186 valence electrons. The molecule has 4 aliphatic carbocycles. The number of carbonyl (C=O) groups is 2. The molecule has 37 heavy (non-hydrogen) atoms. The molecule has 4 fully saturated rings. The van der Waals surface area contributed by atoms with Gasteiger partial charge in [0.15, 0.2) is 0 Å². The van der Waals surface area contributed by atoms with Crippen molar-refractivity contribution in [3.8, 4) is 11.3 Å². The zero-order chi connectivity index (χ0) is 25.0. The van der Waals surface area contributed by atoms with E-state index >= 15 is 0 Å². The Morgan fingerprint density at radius 1 is 0.838 bits per heavy atom. The van der Waals surface area contributed by atoms with Crippen LogP contribution in [0.15, 0.2) is 72.9 Å². The van der Waals surface area contributed by atoms with E-state index in [1.165, 1.54) is 19.3 Å². The molecule has 2 aromatic heterocycles. The summed E-state index contributed by atoms with van der Waals surface area (Å²) < 4.78 is 0. The Labute approximate surface area is 215 Å². The second-order valence-electron chi connectivity index (χ2n) is 11.4. The van der Waals surface area contributed by atoms with Gasteiger partial charge in [-0.15, -0.1) is 0 Å². The number of anilines is 1. The SMILES string of the molecule is O=C(NC12CC3CC(CC(C3)C1)C2)c1ccc2[nH]c(-c3ccc(NC(=O)c4ccccn4)cc3)cc2c1. The van der Waals surface area contributed by atoms with Gasteiger partial charge in [0, 0.05) is 39.6 Å². The Morgan fingerprint density at radius 3 is 2.24 bits per heavy atom. The molecule has 3 N–H and O–H groups in total. The zero-order valence-corrected chi connectivity index (χ0v) is 20.7. The van der Waals surface area contributed by atoms with Crippen molar-refractivity contribution in [3.63, 3.8) is 0 Å². The smallest absolute Gasteiger partial charge is 0.274 e. The van der Waals surface area contributed by atoms with Crippen molar-refractivity contribution < 1.29 is 9.59 Å². The van der Waals surface area contributed by atoms with E-state index in [1.54, 1.807) is 24.4 Å². The monoisotopic (exact) mass is 490 g/mol. The van der Waals surface area contributed by atoms with Gasteiger partial charge in [-0.2, -0.15) is 0 Å². The summed E-state index contributed by atoms with van der Waals surface area (Å²) in [5.74, 6) is 2.22. The molecule has 4 aliphatic rings. The van der Waals surface area contributed by atoms with Crippen molar-refractivity contribution >= 4 is 28.4 Å². The third-order valence-corrected chi connectivity index (χ3v) is 8.65. The number of aromatic nitrogens is 2. The van der Waals surface area contributed by atoms with E-state index in [0.717, 1.165) is 64.7 Å². The summed E-state index contributed by atoms with van der Waals surface area (Å²) in [5.41, 5.74) is 4.79. The van der Waals surface area contributed by atoms with E-state index in [1.807, 2.05) is 42.5 Å². The Balaban J connectivity index is 1.07. The third-order valence-electron chi connectivity index (χ3n) is 8.65. The van der Waals surface area contributed by atoms with Crippen LogP contribution in [0.5, 0.6) is 0 Å². The molecule has 0 unspecified atom stereocenters. The van der Waals surface area contributed by atoms with Crippen molar-refractivity contribution in [2.75, 3.05) is 5.32 Å². The normalized spacial score (nSPS) is 25.8. The Morgan fingerprint density at radius 2 is 1.57 bits per heavy atom. The maximum absolute atomic E-state index is 13.3. The van der Waals surface area contributed by atoms with Gasteiger partial charge >= 0.3 is 0 Å². The number of pyridine rings is 1. The van der Waals surface area contributed by atoms with Gasteiger partial charge in [0.25, 0.3) is 11.8 Å². The highest BCUT2D eigenvalue weighted by atomic mass is 16.2. The number of carbonyl (C=O) groups excluding carboxylic acids is 2. The number of hydrogen-bond donors (Lipinski definition) is 3. The summed E-state index contributed by atoms with van der Waals surface area (Å²) in [6.45, 7) is 0. The van der Waals surface area contributed by atoms with Gasteiger partial charge in [-0.1, -0.05) is 18.2 Å². The predicted molar refractivity (Wildman–Crippen MR) is 144 cm³/mol. The molecule has 6 heteroatoms. The minimum Gasteiger partial charge on any atom is -0.355 e. The molecule has 0 atom stereocenters. The summed E-state index contributed by atoms with van der Waals surface area (Å²) in [7, 11) is 0. The summed E-state index contributed by atoms with van der Waals surface area (Å²) in [6, 6.07) is 21.0. The highest BCUT2D eigenvalue weighted by Crippen LogP contribution is 2.55. The first-order valence-electron chi connectivity index (χ1n) is 13.3. The third kappa shape index (κ3) is 4.20. The molecular weight excluding hydrogens is 460 g/mol. The minimum atomic E-state index is -0.238. The molecule has 2 amide bonds. The molecule has 6 nitrogen and oxygen atoms in total. The lowest BCUT2D eigenvalue weighted by molar-refractivity contribution is -0.0167. The number of rotatable bonds is 5. The number of nitrogens with zero attached hydrogens (tertiary/aromatic N) is 1. The first-order valence-corrected chi connectivity index (χ1v) is 13.3. The van der Waals surface area contributed by atoms with E-state index in [9.17, 15) is 9.59 Å². The number of amides is 2. The van der Waals surface area contributed by atoms with Gasteiger partial charge in [0.1, 0.15) is 5.69 Å². The lowest BCUT2D eigenvalue weighted by atomic mass is 9.53. The molecule has 2 heterocycles. The molecule has 0 saturated heterocycles. The number of aromatic amines is 1. The quantitative estimate of drug-likeness (QED) is 0.312. The summed E-state index contributed by atoms with van der Waals surface area (Å²) in [4.78, 5) is 33.2. The summed E-state index contributed by atoms with van der Waals surface area (Å²) in [5, 5.41) is 7.38. The number of benzene rings is 2. The van der Waals surface area contributed by atoms with Crippen LogP contribution >= 0.6 is 0 Å². The molecule has 4 aromatic rings. The molecule has 0 radical (unpaired) electrons. The number of fused-ring (bicyclic) bond motifs is 1. The van der Waals surface area contributed by atoms with Gasteiger partial charge in [0.2, 0.25) is 0 Å². The Kier molecular flexibility index (Phi) is 5.17. The van der Waals surface area contributed by atoms with E-state index < -0.39 is 0 Å². The first kappa shape index (κ1) is 22.3. The van der Waals surface area contributed by atoms with E-state index in [2.05, 4.69) is 26.7 Å². The van der Waals surface area contributed by atoms with Crippen LogP contribution in [0, 0.1) is 17.8 Å². The molecule has 2 aromatic carbocycles. The lowest BCUT2D eigenvalue weighted by Gasteiger charge is -2.56. The number of nitrogens with one attached hydrogen (secondary N) is 3. The van der Waals surface area contributed by atoms with Crippen LogP contribution in [-0.2, 0) is 0 Å². The summed E-state index contributed by atoms with van der Waals surface area (Å²) >= 11 is 0. The topological polar surface area (TPSA) is 86.9 Å². The zero-order valence-electron chi connectivity index (χ0n) is 20.7. The highest BCUT2D eigenvalue weighted by molar-refractivity contribution is 6.03. The highest BCUT2D eigenvalue weighted by Gasteiger charge is 2.51. The van der Waals surface area contributed by atoms with Crippen molar-refractivity contribution in [3.05, 3.63) is 84.2 Å². The average Bonchev–Trinajstić information content (AvgIpc) is 3.32. The second kappa shape index (κ2) is 8.58. The van der Waals surface area contributed by atoms with Gasteiger partial charge < -0.3 is 15.6 Å². The molecule has 0 aliphatic heterocycles. The van der Waals surface area contributed by atoms with Crippen LogP contribution in [0.2, 0.25) is 0 Å². The van der Waals surface area contributed by atoms with Crippen molar-refractivity contribution in [2.45, 2.75) is 44.1 Å². The molecule has 0 spiro atoms. The Bertz CT molecular complexity index is 1450.